The van der Waals surface area contributed by atoms with Crippen molar-refractivity contribution in [2.75, 3.05) is 25.4 Å². The molecule has 0 bridgehead atoms. The Balaban J connectivity index is 0.000000165. The van der Waals surface area contributed by atoms with Crippen LogP contribution in [0.1, 0.15) is 65.0 Å². The molecule has 50 heavy (non-hydrogen) atoms. The number of carboxylic acids is 1. The van der Waals surface area contributed by atoms with E-state index in [4.69, 9.17) is 10.3 Å². The number of aromatic amines is 1. The van der Waals surface area contributed by atoms with Gasteiger partial charge in [0.2, 0.25) is 0 Å². The summed E-state index contributed by atoms with van der Waals surface area (Å²) in [6.45, 7) is 4.17. The lowest BCUT2D eigenvalue weighted by molar-refractivity contribution is -0.144. The second kappa shape index (κ2) is 13.9. The number of nitrogens with one attached hydrogen (secondary N) is 2. The van der Waals surface area contributed by atoms with Crippen molar-refractivity contribution in [1.82, 2.24) is 25.6 Å². The van der Waals surface area contributed by atoms with Gasteiger partial charge in [-0.3, -0.25) is 14.7 Å². The molecule has 0 radical (unpaired) electrons. The average Bonchev–Trinajstić information content (AvgIpc) is 3.47. The fourth-order valence-corrected chi connectivity index (χ4v) is 7.02. The number of likely N-dealkylation sites (tertiary alicyclic amines) is 1. The topological polar surface area (TPSA) is 150 Å². The van der Waals surface area contributed by atoms with Crippen molar-refractivity contribution in [3.05, 3.63) is 113 Å². The standard InChI is InChI=1S/C20H21F2N3O4.C18H17N3/c21-12-3-4-13(15(22)7-12)18-8-17(24-29-18)19(26)23-16-5-6-25(9-11-1-2-11)10-14(16)20(27)28;1-11(17-8-9-20-21-17)13-6-7-15-14-5-3-2-4-12(14)10-16(15)18(13)19/h3-4,7-8,11,14,16H,1-2,5-6,9-10H2,(H,23,26)(H,27,28);2-9,11H,10,19H2,1H3,(H,20,21)/t14-,16-;11-/m00/s1. The zero-order chi connectivity index (χ0) is 34.9. The highest BCUT2D eigenvalue weighted by molar-refractivity contribution is 5.93. The number of hydrogen-bond acceptors (Lipinski definition) is 7. The van der Waals surface area contributed by atoms with Gasteiger partial charge in [-0.15, -0.1) is 0 Å². The van der Waals surface area contributed by atoms with Crippen LogP contribution in [-0.4, -0.2) is 62.9 Å². The first-order valence-electron chi connectivity index (χ1n) is 16.8. The number of piperidine rings is 1. The highest BCUT2D eigenvalue weighted by Crippen LogP contribution is 2.42. The van der Waals surface area contributed by atoms with E-state index >= 15 is 0 Å². The van der Waals surface area contributed by atoms with E-state index in [-0.39, 0.29) is 22.9 Å². The van der Waals surface area contributed by atoms with Crippen molar-refractivity contribution in [2.45, 2.75) is 44.6 Å². The Morgan fingerprint density at radius 1 is 1.06 bits per heavy atom. The SMILES string of the molecule is C[C@H](c1ccn[nH]1)c1ccc2c(c1N)Cc1ccccc1-2.O=C(N[C@H]1CCN(CC2CC2)C[C@@H]1C(=O)O)c1cc(-c2ccc(F)cc2F)on1. The van der Waals surface area contributed by atoms with Gasteiger partial charge in [-0.25, -0.2) is 8.78 Å². The highest BCUT2D eigenvalue weighted by Gasteiger charge is 2.37. The molecule has 258 valence electrons. The molecule has 1 amide bonds. The summed E-state index contributed by atoms with van der Waals surface area (Å²) in [4.78, 5) is 26.4. The first-order chi connectivity index (χ1) is 24.2. The molecule has 2 aliphatic carbocycles. The van der Waals surface area contributed by atoms with E-state index in [1.807, 2.05) is 6.07 Å². The molecule has 3 atom stereocenters. The molecule has 3 aliphatic rings. The fourth-order valence-electron chi connectivity index (χ4n) is 7.02. The van der Waals surface area contributed by atoms with Crippen LogP contribution in [0.15, 0.2) is 77.4 Å². The van der Waals surface area contributed by atoms with Crippen molar-refractivity contribution >= 4 is 17.6 Å². The lowest BCUT2D eigenvalue weighted by Crippen LogP contribution is -2.53. The minimum Gasteiger partial charge on any atom is -0.481 e. The molecule has 1 aliphatic heterocycles. The Hall–Kier alpha value is -5.36. The number of carbonyl (C=O) groups is 2. The van der Waals surface area contributed by atoms with E-state index in [0.29, 0.717) is 24.9 Å². The van der Waals surface area contributed by atoms with Gasteiger partial charge in [0.05, 0.1) is 11.5 Å². The zero-order valence-corrected chi connectivity index (χ0v) is 27.5. The number of carbonyl (C=O) groups excluding carboxylic acids is 1. The van der Waals surface area contributed by atoms with Gasteiger partial charge in [0.15, 0.2) is 11.5 Å². The number of nitrogens with two attached hydrogens (primary N) is 1. The monoisotopic (exact) mass is 680 g/mol. The van der Waals surface area contributed by atoms with E-state index in [0.717, 1.165) is 37.0 Å². The van der Waals surface area contributed by atoms with Gasteiger partial charge in [0, 0.05) is 67.7 Å². The summed E-state index contributed by atoms with van der Waals surface area (Å²) in [7, 11) is 0. The summed E-state index contributed by atoms with van der Waals surface area (Å²) in [6, 6.07) is 18.6. The lowest BCUT2D eigenvalue weighted by atomic mass is 9.91. The Labute approximate surface area is 287 Å². The maximum Gasteiger partial charge on any atom is 0.309 e. The molecule has 2 fully saturated rings. The number of H-pyrrole nitrogens is 1. The van der Waals surface area contributed by atoms with Gasteiger partial charge in [0.1, 0.15) is 11.6 Å². The van der Waals surface area contributed by atoms with Gasteiger partial charge in [-0.2, -0.15) is 5.10 Å². The first-order valence-corrected chi connectivity index (χ1v) is 16.8. The molecule has 0 spiro atoms. The molecule has 3 heterocycles. The molecule has 2 aromatic heterocycles. The smallest absolute Gasteiger partial charge is 0.309 e. The van der Waals surface area contributed by atoms with Crippen LogP contribution in [0.25, 0.3) is 22.5 Å². The molecule has 1 saturated heterocycles. The normalized spacial score (nSPS) is 18.8. The lowest BCUT2D eigenvalue weighted by Gasteiger charge is -2.36. The quantitative estimate of drug-likeness (QED) is 0.138. The van der Waals surface area contributed by atoms with Gasteiger partial charge in [0.25, 0.3) is 5.91 Å². The summed E-state index contributed by atoms with van der Waals surface area (Å²) in [6.07, 6.45) is 5.62. The van der Waals surface area contributed by atoms with E-state index in [1.54, 1.807) is 6.20 Å². The number of rotatable bonds is 8. The summed E-state index contributed by atoms with van der Waals surface area (Å²) in [5.41, 5.74) is 14.8. The van der Waals surface area contributed by atoms with Gasteiger partial charge < -0.3 is 25.6 Å². The van der Waals surface area contributed by atoms with Gasteiger partial charge in [-0.1, -0.05) is 48.5 Å². The summed E-state index contributed by atoms with van der Waals surface area (Å²) in [5, 5.41) is 23.0. The number of benzene rings is 3. The summed E-state index contributed by atoms with van der Waals surface area (Å²) < 4.78 is 32.0. The number of aromatic nitrogens is 3. The molecular weight excluding hydrogens is 642 g/mol. The second-order valence-corrected chi connectivity index (χ2v) is 13.4. The maximum atomic E-state index is 13.9. The van der Waals surface area contributed by atoms with Crippen LogP contribution in [0.2, 0.25) is 0 Å². The largest absolute Gasteiger partial charge is 0.481 e. The fraction of sp³-hybridized carbons (Fsp3) is 0.316. The number of aliphatic carboxylic acids is 1. The predicted octanol–water partition coefficient (Wildman–Crippen LogP) is 6.25. The third-order valence-electron chi connectivity index (χ3n) is 10.0. The number of hydrogen-bond donors (Lipinski definition) is 4. The van der Waals surface area contributed by atoms with Crippen LogP contribution in [-0.2, 0) is 11.2 Å². The maximum absolute atomic E-state index is 13.9. The number of anilines is 1. The van der Waals surface area contributed by atoms with Crippen LogP contribution in [0.4, 0.5) is 14.5 Å². The molecule has 0 unspecified atom stereocenters. The van der Waals surface area contributed by atoms with Crippen LogP contribution in [0.5, 0.6) is 0 Å². The number of halogens is 2. The summed E-state index contributed by atoms with van der Waals surface area (Å²) in [5.74, 6) is -2.94. The van der Waals surface area contributed by atoms with Crippen molar-refractivity contribution in [3.63, 3.8) is 0 Å². The van der Waals surface area contributed by atoms with E-state index in [9.17, 15) is 23.5 Å². The van der Waals surface area contributed by atoms with Crippen LogP contribution >= 0.6 is 0 Å². The van der Waals surface area contributed by atoms with E-state index in [2.05, 4.69) is 68.9 Å². The van der Waals surface area contributed by atoms with E-state index in [1.165, 1.54) is 52.8 Å². The number of nitrogen functional groups attached to an aromatic ring is 1. The van der Waals surface area contributed by atoms with Crippen molar-refractivity contribution in [2.24, 2.45) is 11.8 Å². The molecule has 8 rings (SSSR count). The third kappa shape index (κ3) is 6.88. The van der Waals surface area contributed by atoms with Crippen molar-refractivity contribution < 1.29 is 28.0 Å². The molecule has 5 N–H and O–H groups in total. The van der Waals surface area contributed by atoms with Crippen LogP contribution in [0.3, 0.4) is 0 Å². The number of fused-ring (bicyclic) bond motifs is 3. The number of amides is 1. The van der Waals surface area contributed by atoms with Crippen LogP contribution < -0.4 is 11.1 Å². The number of carboxylic acid groups (broad SMARTS) is 1. The molecular formula is C38H38F2N6O4. The number of nitrogens with zero attached hydrogens (tertiary/aromatic N) is 3. The Morgan fingerprint density at radius 3 is 2.60 bits per heavy atom. The predicted molar refractivity (Wildman–Crippen MR) is 183 cm³/mol. The molecule has 3 aromatic carbocycles. The zero-order valence-electron chi connectivity index (χ0n) is 27.5. The Morgan fingerprint density at radius 2 is 1.86 bits per heavy atom. The average molecular weight is 681 g/mol. The van der Waals surface area contributed by atoms with Gasteiger partial charge in [-0.05, 0) is 71.2 Å². The van der Waals surface area contributed by atoms with Crippen molar-refractivity contribution in [1.29, 1.82) is 0 Å². The highest BCUT2D eigenvalue weighted by atomic mass is 19.1. The Kier molecular flexibility index (Phi) is 9.20. The molecule has 1 saturated carbocycles. The molecule has 12 heteroatoms. The third-order valence-corrected chi connectivity index (χ3v) is 10.0. The second-order valence-electron chi connectivity index (χ2n) is 13.4. The minimum atomic E-state index is -0.954. The molecule has 10 nitrogen and oxygen atoms in total. The van der Waals surface area contributed by atoms with E-state index < -0.39 is 35.5 Å². The van der Waals surface area contributed by atoms with Gasteiger partial charge >= 0.3 is 5.97 Å². The van der Waals surface area contributed by atoms with Crippen LogP contribution in [0, 0.1) is 23.5 Å². The molecule has 5 aromatic rings. The summed E-state index contributed by atoms with van der Waals surface area (Å²) >= 11 is 0. The minimum absolute atomic E-state index is 0.0123. The van der Waals surface area contributed by atoms with Crippen molar-refractivity contribution in [3.8, 4) is 22.5 Å². The Bertz CT molecular complexity index is 2030. The first kappa shape index (κ1) is 33.2.